The maximum absolute atomic E-state index is 13.4. The molecule has 0 aliphatic carbocycles. The smallest absolute Gasteiger partial charge is 0.165 e. The molecule has 0 aliphatic rings. The van der Waals surface area contributed by atoms with Crippen molar-refractivity contribution >= 4 is 33.2 Å². The number of nitrogens with zero attached hydrogens (tertiary/aromatic N) is 1. The molecular formula is C16H13ClFNOS. The predicted molar refractivity (Wildman–Crippen MR) is 84.9 cm³/mol. The topological polar surface area (TPSA) is 22.1 Å². The molecule has 1 unspecified atom stereocenters. The van der Waals surface area contributed by atoms with E-state index in [0.29, 0.717) is 6.42 Å². The number of alkyl halides is 1. The van der Waals surface area contributed by atoms with E-state index in [4.69, 9.17) is 16.3 Å². The van der Waals surface area contributed by atoms with Gasteiger partial charge in [-0.2, -0.15) is 0 Å². The molecule has 1 aromatic heterocycles. The first-order chi connectivity index (χ1) is 10.2. The second-order valence-electron chi connectivity index (χ2n) is 4.64. The van der Waals surface area contributed by atoms with Crippen LogP contribution in [0.25, 0.3) is 10.2 Å². The van der Waals surface area contributed by atoms with Gasteiger partial charge in [0, 0.05) is 6.42 Å². The van der Waals surface area contributed by atoms with Gasteiger partial charge in [-0.3, -0.25) is 0 Å². The molecule has 108 valence electrons. The van der Waals surface area contributed by atoms with Gasteiger partial charge in [0.2, 0.25) is 0 Å². The Bertz CT molecular complexity index is 741. The minimum atomic E-state index is -0.384. The van der Waals surface area contributed by atoms with Gasteiger partial charge < -0.3 is 4.74 Å². The minimum absolute atomic E-state index is 0.211. The molecule has 0 amide bonds. The Morgan fingerprint density at radius 1 is 1.29 bits per heavy atom. The fourth-order valence-corrected chi connectivity index (χ4v) is 3.54. The Balaban J connectivity index is 1.83. The number of ether oxygens (including phenoxy) is 1. The molecule has 2 aromatic carbocycles. The lowest BCUT2D eigenvalue weighted by atomic mass is 10.1. The molecule has 1 heterocycles. The number of para-hydroxylation sites is 1. The van der Waals surface area contributed by atoms with E-state index in [1.807, 2.05) is 24.3 Å². The zero-order valence-corrected chi connectivity index (χ0v) is 12.9. The number of thiazole rings is 1. The molecule has 0 spiro atoms. The van der Waals surface area contributed by atoms with Crippen LogP contribution in [-0.4, -0.2) is 12.1 Å². The second kappa shape index (κ2) is 6.00. The fourth-order valence-electron chi connectivity index (χ4n) is 2.15. The Kier molecular flexibility index (Phi) is 4.08. The molecule has 0 saturated heterocycles. The highest BCUT2D eigenvalue weighted by atomic mass is 35.5. The standard InChI is InChI=1S/C16H13ClFNOS/c1-20-14-8-10(6-7-12(14)18)11(17)9-16-19-13-4-2-3-5-15(13)21-16/h2-8,11H,9H2,1H3. The molecule has 0 N–H and O–H groups in total. The van der Waals surface area contributed by atoms with Crippen LogP contribution in [0.1, 0.15) is 15.9 Å². The van der Waals surface area contributed by atoms with Crippen LogP contribution >= 0.6 is 22.9 Å². The molecule has 0 fully saturated rings. The molecule has 0 radical (unpaired) electrons. The summed E-state index contributed by atoms with van der Waals surface area (Å²) in [6.07, 6.45) is 0.607. The lowest BCUT2D eigenvalue weighted by Gasteiger charge is -2.10. The summed E-state index contributed by atoms with van der Waals surface area (Å²) in [6.45, 7) is 0. The number of halogens is 2. The Morgan fingerprint density at radius 2 is 2.10 bits per heavy atom. The van der Waals surface area contributed by atoms with Gasteiger partial charge in [-0.25, -0.2) is 9.37 Å². The van der Waals surface area contributed by atoms with Crippen molar-refractivity contribution in [1.82, 2.24) is 4.98 Å². The first-order valence-electron chi connectivity index (χ1n) is 6.49. The number of methoxy groups -OCH3 is 1. The van der Waals surface area contributed by atoms with Crippen LogP contribution in [0.3, 0.4) is 0 Å². The van der Waals surface area contributed by atoms with Crippen molar-refractivity contribution in [3.8, 4) is 5.75 Å². The van der Waals surface area contributed by atoms with Crippen molar-refractivity contribution in [3.05, 3.63) is 58.9 Å². The van der Waals surface area contributed by atoms with Gasteiger partial charge in [0.05, 0.1) is 27.7 Å². The SMILES string of the molecule is COc1cc(C(Cl)Cc2nc3ccccc3s2)ccc1F. The predicted octanol–water partition coefficient (Wildman–Crippen LogP) is 4.97. The maximum atomic E-state index is 13.4. The third-order valence-electron chi connectivity index (χ3n) is 3.23. The van der Waals surface area contributed by atoms with E-state index in [9.17, 15) is 4.39 Å². The number of hydrogen-bond donors (Lipinski definition) is 0. The average molecular weight is 322 g/mol. The van der Waals surface area contributed by atoms with Gasteiger partial charge in [-0.1, -0.05) is 18.2 Å². The number of fused-ring (bicyclic) bond motifs is 1. The number of hydrogen-bond acceptors (Lipinski definition) is 3. The number of rotatable bonds is 4. The van der Waals surface area contributed by atoms with Gasteiger partial charge in [0.1, 0.15) is 0 Å². The van der Waals surface area contributed by atoms with Gasteiger partial charge in [-0.05, 0) is 29.8 Å². The fraction of sp³-hybridized carbons (Fsp3) is 0.188. The lowest BCUT2D eigenvalue weighted by molar-refractivity contribution is 0.386. The normalized spacial score (nSPS) is 12.5. The average Bonchev–Trinajstić information content (AvgIpc) is 2.89. The van der Waals surface area contributed by atoms with Crippen LogP contribution in [0.15, 0.2) is 42.5 Å². The van der Waals surface area contributed by atoms with E-state index >= 15 is 0 Å². The molecule has 2 nitrogen and oxygen atoms in total. The zero-order chi connectivity index (χ0) is 14.8. The molecule has 1 atom stereocenters. The first-order valence-corrected chi connectivity index (χ1v) is 7.74. The van der Waals surface area contributed by atoms with Gasteiger partial charge in [-0.15, -0.1) is 22.9 Å². The lowest BCUT2D eigenvalue weighted by Crippen LogP contribution is -1.97. The maximum Gasteiger partial charge on any atom is 0.165 e. The molecule has 0 saturated carbocycles. The van der Waals surface area contributed by atoms with E-state index in [2.05, 4.69) is 4.98 Å². The van der Waals surface area contributed by atoms with Crippen molar-refractivity contribution in [1.29, 1.82) is 0 Å². The third-order valence-corrected chi connectivity index (χ3v) is 4.69. The summed E-state index contributed by atoms with van der Waals surface area (Å²) in [6, 6.07) is 12.7. The highest BCUT2D eigenvalue weighted by Crippen LogP contribution is 2.31. The van der Waals surface area contributed by atoms with E-state index in [-0.39, 0.29) is 16.9 Å². The second-order valence-corrected chi connectivity index (χ2v) is 6.28. The summed E-state index contributed by atoms with van der Waals surface area (Å²) in [5, 5.41) is 0.708. The Morgan fingerprint density at radius 3 is 2.86 bits per heavy atom. The van der Waals surface area contributed by atoms with Crippen LogP contribution in [0.5, 0.6) is 5.75 Å². The number of aromatic nitrogens is 1. The van der Waals surface area contributed by atoms with E-state index in [0.717, 1.165) is 20.8 Å². The highest BCUT2D eigenvalue weighted by molar-refractivity contribution is 7.18. The van der Waals surface area contributed by atoms with E-state index < -0.39 is 0 Å². The molecule has 3 aromatic rings. The Labute approximate surface area is 131 Å². The summed E-state index contributed by atoms with van der Waals surface area (Å²) < 4.78 is 19.6. The summed E-state index contributed by atoms with van der Waals surface area (Å²) in [5.41, 5.74) is 1.81. The largest absolute Gasteiger partial charge is 0.494 e. The van der Waals surface area contributed by atoms with Crippen LogP contribution in [-0.2, 0) is 6.42 Å². The zero-order valence-electron chi connectivity index (χ0n) is 11.3. The Hall–Kier alpha value is -1.65. The minimum Gasteiger partial charge on any atom is -0.494 e. The van der Waals surface area contributed by atoms with Crippen LogP contribution in [0.2, 0.25) is 0 Å². The van der Waals surface area contributed by atoms with Gasteiger partial charge in [0.15, 0.2) is 11.6 Å². The molecule has 5 heteroatoms. The van der Waals surface area contributed by atoms with Crippen molar-refractivity contribution in [2.45, 2.75) is 11.8 Å². The molecule has 0 bridgehead atoms. The number of benzene rings is 2. The van der Waals surface area contributed by atoms with Gasteiger partial charge in [0.25, 0.3) is 0 Å². The molecule has 21 heavy (non-hydrogen) atoms. The van der Waals surface area contributed by atoms with Crippen molar-refractivity contribution in [2.24, 2.45) is 0 Å². The molecule has 0 aliphatic heterocycles. The summed E-state index contributed by atoms with van der Waals surface area (Å²) in [4.78, 5) is 4.57. The third kappa shape index (κ3) is 3.01. The molecule has 3 rings (SSSR count). The quantitative estimate of drug-likeness (QED) is 0.633. The monoisotopic (exact) mass is 321 g/mol. The van der Waals surface area contributed by atoms with E-state index in [1.165, 1.54) is 13.2 Å². The van der Waals surface area contributed by atoms with E-state index in [1.54, 1.807) is 23.5 Å². The first kappa shape index (κ1) is 14.3. The molecular weight excluding hydrogens is 309 g/mol. The summed E-state index contributed by atoms with van der Waals surface area (Å²) >= 11 is 8.07. The van der Waals surface area contributed by atoms with Crippen LogP contribution in [0, 0.1) is 5.82 Å². The van der Waals surface area contributed by atoms with Gasteiger partial charge >= 0.3 is 0 Å². The summed E-state index contributed by atoms with van der Waals surface area (Å²) in [5.74, 6) is -0.174. The van der Waals surface area contributed by atoms with Crippen molar-refractivity contribution in [2.75, 3.05) is 7.11 Å². The van der Waals surface area contributed by atoms with Crippen LogP contribution < -0.4 is 4.74 Å². The van der Waals surface area contributed by atoms with Crippen LogP contribution in [0.4, 0.5) is 4.39 Å². The van der Waals surface area contributed by atoms with Crippen molar-refractivity contribution in [3.63, 3.8) is 0 Å². The highest BCUT2D eigenvalue weighted by Gasteiger charge is 2.14. The summed E-state index contributed by atoms with van der Waals surface area (Å²) in [7, 11) is 1.44. The van der Waals surface area contributed by atoms with Crippen molar-refractivity contribution < 1.29 is 9.13 Å².